The molecule has 3 aliphatic rings. The highest BCUT2D eigenvalue weighted by Gasteiger charge is 2.45. The number of fused-ring (bicyclic) bond motifs is 3. The molecule has 3 saturated heterocycles. The highest BCUT2D eigenvalue weighted by atomic mass is 16.5. The van der Waals surface area contributed by atoms with E-state index >= 15 is 0 Å². The fraction of sp³-hybridized carbons (Fsp3) is 0.909. The molecule has 0 aromatic carbocycles. The lowest BCUT2D eigenvalue weighted by Gasteiger charge is -2.55. The lowest BCUT2D eigenvalue weighted by atomic mass is 9.93. The van der Waals surface area contributed by atoms with E-state index < -0.39 is 0 Å². The molecule has 3 rings (SSSR count). The molecule has 0 N–H and O–H groups in total. The number of rotatable bonds is 2. The summed E-state index contributed by atoms with van der Waals surface area (Å²) >= 11 is 0. The second-order valence-electron chi connectivity index (χ2n) is 4.49. The largest absolute Gasteiger partial charge is 0.468 e. The van der Waals surface area contributed by atoms with Crippen molar-refractivity contribution in [2.75, 3.05) is 26.7 Å². The van der Waals surface area contributed by atoms with Crippen LogP contribution in [0.4, 0.5) is 0 Å². The summed E-state index contributed by atoms with van der Waals surface area (Å²) in [6.45, 7) is 7.38. The molecule has 4 nitrogen and oxygen atoms in total. The molecule has 3 fully saturated rings. The normalized spacial score (nSPS) is 44.1. The van der Waals surface area contributed by atoms with Crippen LogP contribution in [0.15, 0.2) is 0 Å². The van der Waals surface area contributed by atoms with Crippen LogP contribution in [0, 0.1) is 0 Å². The number of ether oxygens (including phenoxy) is 1. The molecule has 0 saturated carbocycles. The summed E-state index contributed by atoms with van der Waals surface area (Å²) in [5, 5.41) is 0. The smallest absolute Gasteiger partial charge is 0.324 e. The Morgan fingerprint density at radius 3 is 2.80 bits per heavy atom. The van der Waals surface area contributed by atoms with Crippen LogP contribution in [0.1, 0.15) is 20.3 Å². The van der Waals surface area contributed by atoms with Gasteiger partial charge in [0.25, 0.3) is 0 Å². The Hall–Kier alpha value is -0.610. The summed E-state index contributed by atoms with van der Waals surface area (Å²) in [7, 11) is 1.48. The second-order valence-corrected chi connectivity index (χ2v) is 4.49. The summed E-state index contributed by atoms with van der Waals surface area (Å²) < 4.78 is 4.86. The molecular formula is C11H20N2O2. The van der Waals surface area contributed by atoms with Crippen molar-refractivity contribution in [2.45, 2.75) is 38.4 Å². The van der Waals surface area contributed by atoms with E-state index in [9.17, 15) is 4.79 Å². The van der Waals surface area contributed by atoms with Gasteiger partial charge in [0, 0.05) is 31.7 Å². The van der Waals surface area contributed by atoms with Crippen molar-refractivity contribution in [1.82, 2.24) is 9.80 Å². The molecular weight excluding hydrogens is 192 g/mol. The van der Waals surface area contributed by atoms with Gasteiger partial charge in [-0.05, 0) is 13.3 Å². The van der Waals surface area contributed by atoms with Gasteiger partial charge in [-0.25, -0.2) is 0 Å². The Morgan fingerprint density at radius 1 is 1.47 bits per heavy atom. The van der Waals surface area contributed by atoms with Gasteiger partial charge >= 0.3 is 5.97 Å². The summed E-state index contributed by atoms with van der Waals surface area (Å²) in [5.41, 5.74) is 0. The van der Waals surface area contributed by atoms with Crippen LogP contribution in [0.25, 0.3) is 0 Å². The molecule has 0 aliphatic carbocycles. The molecule has 4 heteroatoms. The van der Waals surface area contributed by atoms with Crippen molar-refractivity contribution in [3.05, 3.63) is 0 Å². The molecule has 3 aliphatic heterocycles. The lowest BCUT2D eigenvalue weighted by Crippen LogP contribution is -2.71. The maximum absolute atomic E-state index is 11.6. The van der Waals surface area contributed by atoms with Gasteiger partial charge < -0.3 is 4.74 Å². The van der Waals surface area contributed by atoms with Crippen molar-refractivity contribution >= 4 is 5.97 Å². The van der Waals surface area contributed by atoms with Crippen LogP contribution in [0.2, 0.25) is 0 Å². The Balaban J connectivity index is 2.16. The highest BCUT2D eigenvalue weighted by Crippen LogP contribution is 2.28. The van der Waals surface area contributed by atoms with Crippen molar-refractivity contribution in [1.29, 1.82) is 0 Å². The number of hydrogen-bond donors (Lipinski definition) is 0. The van der Waals surface area contributed by atoms with E-state index in [1.807, 2.05) is 0 Å². The van der Waals surface area contributed by atoms with Crippen LogP contribution in [0.5, 0.6) is 0 Å². The van der Waals surface area contributed by atoms with E-state index in [-0.39, 0.29) is 12.0 Å². The zero-order valence-corrected chi connectivity index (χ0v) is 9.77. The number of piperazine rings is 3. The summed E-state index contributed by atoms with van der Waals surface area (Å²) in [6.07, 6.45) is 1.10. The Morgan fingerprint density at radius 2 is 2.20 bits per heavy atom. The van der Waals surface area contributed by atoms with Gasteiger partial charge in [0.15, 0.2) is 0 Å². The molecule has 3 heterocycles. The maximum Gasteiger partial charge on any atom is 0.324 e. The highest BCUT2D eigenvalue weighted by molar-refractivity contribution is 5.76. The maximum atomic E-state index is 11.6. The first kappa shape index (κ1) is 10.9. The quantitative estimate of drug-likeness (QED) is 0.617. The van der Waals surface area contributed by atoms with E-state index in [4.69, 9.17) is 4.74 Å². The van der Waals surface area contributed by atoms with Gasteiger partial charge in [-0.15, -0.1) is 0 Å². The molecule has 5 atom stereocenters. The number of carbonyl (C=O) groups is 1. The number of hydrogen-bond acceptors (Lipinski definition) is 4. The minimum absolute atomic E-state index is 0.0371. The van der Waals surface area contributed by atoms with Gasteiger partial charge in [-0.3, -0.25) is 14.6 Å². The average molecular weight is 212 g/mol. The first-order valence-corrected chi connectivity index (χ1v) is 5.76. The van der Waals surface area contributed by atoms with Crippen LogP contribution < -0.4 is 0 Å². The summed E-state index contributed by atoms with van der Waals surface area (Å²) in [6, 6.07) is 1.05. The minimum Gasteiger partial charge on any atom is -0.468 e. The van der Waals surface area contributed by atoms with Gasteiger partial charge in [-0.2, -0.15) is 0 Å². The number of nitrogens with zero attached hydrogens (tertiary/aromatic N) is 2. The van der Waals surface area contributed by atoms with Crippen molar-refractivity contribution in [3.8, 4) is 0 Å². The topological polar surface area (TPSA) is 32.8 Å². The Labute approximate surface area is 91.2 Å². The van der Waals surface area contributed by atoms with E-state index in [0.29, 0.717) is 12.1 Å². The molecule has 0 radical (unpaired) electrons. The first-order valence-electron chi connectivity index (χ1n) is 5.76. The molecule has 0 spiro atoms. The van der Waals surface area contributed by atoms with Crippen LogP contribution in [-0.2, 0) is 9.53 Å². The summed E-state index contributed by atoms with van der Waals surface area (Å²) in [4.78, 5) is 16.4. The van der Waals surface area contributed by atoms with Gasteiger partial charge in [0.1, 0.15) is 6.04 Å². The molecule has 0 aromatic heterocycles. The van der Waals surface area contributed by atoms with Crippen LogP contribution in [-0.4, -0.2) is 60.6 Å². The van der Waals surface area contributed by atoms with Crippen LogP contribution in [0.3, 0.4) is 0 Å². The number of esters is 1. The molecule has 0 amide bonds. The predicted octanol–water partition coefficient (Wildman–Crippen LogP) is 0.326. The van der Waals surface area contributed by atoms with Crippen molar-refractivity contribution in [3.63, 3.8) is 0 Å². The molecule has 2 bridgehead atoms. The van der Waals surface area contributed by atoms with Crippen molar-refractivity contribution in [2.24, 2.45) is 0 Å². The third-order valence-electron chi connectivity index (χ3n) is 3.90. The third-order valence-corrected chi connectivity index (χ3v) is 3.90. The van der Waals surface area contributed by atoms with E-state index in [0.717, 1.165) is 26.1 Å². The molecule has 5 unspecified atom stereocenters. The molecule has 15 heavy (non-hydrogen) atoms. The second kappa shape index (κ2) is 4.10. The zero-order chi connectivity index (χ0) is 11.0. The number of methoxy groups -OCH3 is 1. The monoisotopic (exact) mass is 212 g/mol. The fourth-order valence-electron chi connectivity index (χ4n) is 3.03. The first-order chi connectivity index (χ1) is 7.19. The van der Waals surface area contributed by atoms with E-state index in [1.54, 1.807) is 0 Å². The zero-order valence-electron chi connectivity index (χ0n) is 9.77. The van der Waals surface area contributed by atoms with E-state index in [1.165, 1.54) is 7.11 Å². The standard InChI is InChI=1S/C11H20N2O2/c1-4-9-8(2)12-5-6-13(9)10(7-12)11(14)15-3/h8-10H,4-7H2,1-3H3. The van der Waals surface area contributed by atoms with E-state index in [2.05, 4.69) is 23.6 Å². The summed E-state index contributed by atoms with van der Waals surface area (Å²) in [5.74, 6) is -0.0787. The van der Waals surface area contributed by atoms with Crippen LogP contribution >= 0.6 is 0 Å². The number of carbonyl (C=O) groups excluding carboxylic acids is 1. The molecule has 86 valence electrons. The van der Waals surface area contributed by atoms with Gasteiger partial charge in [0.05, 0.1) is 7.11 Å². The third kappa shape index (κ3) is 1.66. The average Bonchev–Trinajstić information content (AvgIpc) is 2.29. The van der Waals surface area contributed by atoms with Gasteiger partial charge in [0.2, 0.25) is 0 Å². The molecule has 0 aromatic rings. The SMILES string of the molecule is CCC1C(C)N2CCN1C(C(=O)OC)C2. The van der Waals surface area contributed by atoms with Crippen molar-refractivity contribution < 1.29 is 9.53 Å². The predicted molar refractivity (Wildman–Crippen MR) is 57.6 cm³/mol. The fourth-order valence-corrected chi connectivity index (χ4v) is 3.03. The minimum atomic E-state index is -0.0787. The van der Waals surface area contributed by atoms with Gasteiger partial charge in [-0.1, -0.05) is 6.92 Å². The Kier molecular flexibility index (Phi) is 2.98. The Bertz CT molecular complexity index is 257. The lowest BCUT2D eigenvalue weighted by molar-refractivity contribution is -0.159.